The number of rotatable bonds is 12. The minimum atomic E-state index is 0.572. The molecule has 0 fully saturated rings. The molecule has 0 aromatic heterocycles. The van der Waals surface area contributed by atoms with Crippen molar-refractivity contribution in [1.82, 2.24) is 0 Å². The number of ether oxygens (including phenoxy) is 6. The van der Waals surface area contributed by atoms with E-state index in [1.54, 1.807) is 0 Å². The zero-order chi connectivity index (χ0) is 27.8. The highest BCUT2D eigenvalue weighted by Gasteiger charge is 2.22. The van der Waals surface area contributed by atoms with Gasteiger partial charge in [-0.25, -0.2) is 0 Å². The van der Waals surface area contributed by atoms with Crippen LogP contribution in [0, 0.1) is 0 Å². The van der Waals surface area contributed by atoms with E-state index in [0.29, 0.717) is 39.6 Å². The third kappa shape index (κ3) is 6.55. The second kappa shape index (κ2) is 13.5. The Kier molecular flexibility index (Phi) is 9.85. The van der Waals surface area contributed by atoms with Crippen LogP contribution in [0.2, 0.25) is 0 Å². The predicted octanol–water partition coefficient (Wildman–Crippen LogP) is 7.16. The van der Waals surface area contributed by atoms with Crippen molar-refractivity contribution in [2.75, 3.05) is 39.6 Å². The van der Waals surface area contributed by atoms with Crippen LogP contribution >= 0.6 is 0 Å². The zero-order valence-electron chi connectivity index (χ0n) is 24.3. The van der Waals surface area contributed by atoms with Gasteiger partial charge in [-0.3, -0.25) is 0 Å². The summed E-state index contributed by atoms with van der Waals surface area (Å²) in [5.74, 6) is 4.65. The van der Waals surface area contributed by atoms with Crippen molar-refractivity contribution in [2.24, 2.45) is 0 Å². The van der Waals surface area contributed by atoms with E-state index in [4.69, 9.17) is 28.4 Å². The standard InChI is InChI=1S/C33H42O6/c1-7-34-28-16-22-13-24-18-30(36-9-3)32(38-11-5)20-26(24)15-27-21-33(39-12-6)31(37-10-4)19-25(27)14-23(22)17-29(28)35-8-2/h16-21H,7-15H2,1-6H3. The second-order valence-corrected chi connectivity index (χ2v) is 9.33. The lowest BCUT2D eigenvalue weighted by Crippen LogP contribution is -2.05. The lowest BCUT2D eigenvalue weighted by Gasteiger charge is -2.18. The Morgan fingerprint density at radius 3 is 0.615 bits per heavy atom. The summed E-state index contributed by atoms with van der Waals surface area (Å²) in [4.78, 5) is 0. The van der Waals surface area contributed by atoms with Crippen molar-refractivity contribution in [3.63, 3.8) is 0 Å². The molecule has 0 saturated carbocycles. The summed E-state index contributed by atoms with van der Waals surface area (Å²) >= 11 is 0. The van der Waals surface area contributed by atoms with Crippen LogP contribution in [0.4, 0.5) is 0 Å². The molecule has 0 unspecified atom stereocenters. The zero-order valence-corrected chi connectivity index (χ0v) is 24.3. The highest BCUT2D eigenvalue weighted by atomic mass is 16.5. The summed E-state index contributed by atoms with van der Waals surface area (Å²) in [6.45, 7) is 15.4. The topological polar surface area (TPSA) is 55.4 Å². The minimum Gasteiger partial charge on any atom is -0.490 e. The molecule has 0 N–H and O–H groups in total. The number of hydrogen-bond acceptors (Lipinski definition) is 6. The van der Waals surface area contributed by atoms with E-state index in [0.717, 1.165) is 53.8 Å². The molecule has 39 heavy (non-hydrogen) atoms. The van der Waals surface area contributed by atoms with Gasteiger partial charge < -0.3 is 28.4 Å². The van der Waals surface area contributed by atoms with Gasteiger partial charge in [0.25, 0.3) is 0 Å². The molecule has 0 saturated heterocycles. The Labute approximate surface area is 233 Å². The fourth-order valence-corrected chi connectivity index (χ4v) is 5.15. The summed E-state index contributed by atoms with van der Waals surface area (Å²) in [5.41, 5.74) is 7.22. The lowest BCUT2D eigenvalue weighted by atomic mass is 9.94. The van der Waals surface area contributed by atoms with Crippen LogP contribution in [0.5, 0.6) is 34.5 Å². The van der Waals surface area contributed by atoms with Crippen LogP contribution in [0.3, 0.4) is 0 Å². The molecule has 1 aliphatic rings. The summed E-state index contributed by atoms with van der Waals surface area (Å²) in [6, 6.07) is 12.9. The quantitative estimate of drug-likeness (QED) is 0.192. The van der Waals surface area contributed by atoms with Gasteiger partial charge in [-0.2, -0.15) is 0 Å². The Hall–Kier alpha value is -3.54. The minimum absolute atomic E-state index is 0.572. The molecule has 3 aromatic rings. The average molecular weight is 535 g/mol. The van der Waals surface area contributed by atoms with Crippen molar-refractivity contribution in [3.8, 4) is 34.5 Å². The largest absolute Gasteiger partial charge is 0.490 e. The van der Waals surface area contributed by atoms with Crippen LogP contribution in [0.25, 0.3) is 0 Å². The number of hydrogen-bond donors (Lipinski definition) is 0. The van der Waals surface area contributed by atoms with Gasteiger partial charge in [-0.05, 0) is 131 Å². The van der Waals surface area contributed by atoms with E-state index >= 15 is 0 Å². The van der Waals surface area contributed by atoms with Crippen molar-refractivity contribution < 1.29 is 28.4 Å². The van der Waals surface area contributed by atoms with E-state index in [1.165, 1.54) is 33.4 Å². The van der Waals surface area contributed by atoms with Gasteiger partial charge in [-0.1, -0.05) is 0 Å². The molecule has 6 heteroatoms. The molecule has 0 aliphatic heterocycles. The van der Waals surface area contributed by atoms with Crippen molar-refractivity contribution in [1.29, 1.82) is 0 Å². The fourth-order valence-electron chi connectivity index (χ4n) is 5.15. The van der Waals surface area contributed by atoms with Crippen LogP contribution in [0.15, 0.2) is 36.4 Å². The molecule has 6 nitrogen and oxygen atoms in total. The lowest BCUT2D eigenvalue weighted by molar-refractivity contribution is 0.287. The van der Waals surface area contributed by atoms with E-state index in [2.05, 4.69) is 36.4 Å². The van der Waals surface area contributed by atoms with Gasteiger partial charge >= 0.3 is 0 Å². The van der Waals surface area contributed by atoms with Gasteiger partial charge in [0, 0.05) is 0 Å². The second-order valence-electron chi connectivity index (χ2n) is 9.33. The third-order valence-electron chi connectivity index (χ3n) is 6.74. The molecule has 3 aromatic carbocycles. The van der Waals surface area contributed by atoms with Crippen LogP contribution in [-0.4, -0.2) is 39.6 Å². The predicted molar refractivity (Wildman–Crippen MR) is 155 cm³/mol. The van der Waals surface area contributed by atoms with Gasteiger partial charge in [0.2, 0.25) is 0 Å². The first-order chi connectivity index (χ1) is 19.0. The maximum Gasteiger partial charge on any atom is 0.161 e. The van der Waals surface area contributed by atoms with Gasteiger partial charge in [0.1, 0.15) is 0 Å². The van der Waals surface area contributed by atoms with Crippen molar-refractivity contribution in [2.45, 2.75) is 60.8 Å². The van der Waals surface area contributed by atoms with Gasteiger partial charge in [0.05, 0.1) is 39.6 Å². The Bertz CT molecular complexity index is 1020. The smallest absolute Gasteiger partial charge is 0.161 e. The highest BCUT2D eigenvalue weighted by molar-refractivity contribution is 5.58. The first-order valence-electron chi connectivity index (χ1n) is 14.3. The van der Waals surface area contributed by atoms with Crippen LogP contribution in [-0.2, 0) is 19.3 Å². The molecule has 0 spiro atoms. The average Bonchev–Trinajstić information content (AvgIpc) is 2.96. The maximum atomic E-state index is 6.02. The van der Waals surface area contributed by atoms with Gasteiger partial charge in [-0.15, -0.1) is 0 Å². The summed E-state index contributed by atoms with van der Waals surface area (Å²) in [5, 5.41) is 0. The molecular formula is C33H42O6. The molecule has 0 bridgehead atoms. The first kappa shape index (κ1) is 28.5. The van der Waals surface area contributed by atoms with E-state index in [-0.39, 0.29) is 0 Å². The third-order valence-corrected chi connectivity index (χ3v) is 6.74. The van der Waals surface area contributed by atoms with Crippen molar-refractivity contribution >= 4 is 0 Å². The van der Waals surface area contributed by atoms with Gasteiger partial charge in [0.15, 0.2) is 34.5 Å². The summed E-state index contributed by atoms with van der Waals surface area (Å²) < 4.78 is 36.1. The van der Waals surface area contributed by atoms with Crippen molar-refractivity contribution in [3.05, 3.63) is 69.8 Å². The molecule has 0 atom stereocenters. The normalized spacial score (nSPS) is 12.2. The Morgan fingerprint density at radius 1 is 0.333 bits per heavy atom. The monoisotopic (exact) mass is 534 g/mol. The van der Waals surface area contributed by atoms with E-state index in [9.17, 15) is 0 Å². The summed E-state index contributed by atoms with van der Waals surface area (Å²) in [7, 11) is 0. The number of benzene rings is 3. The summed E-state index contributed by atoms with van der Waals surface area (Å²) in [6.07, 6.45) is 2.23. The molecule has 4 rings (SSSR count). The fraction of sp³-hybridized carbons (Fsp3) is 0.455. The maximum absolute atomic E-state index is 6.02. The molecule has 0 amide bonds. The van der Waals surface area contributed by atoms with E-state index in [1.807, 2.05) is 41.5 Å². The van der Waals surface area contributed by atoms with Crippen LogP contribution < -0.4 is 28.4 Å². The molecular weight excluding hydrogens is 492 g/mol. The van der Waals surface area contributed by atoms with Crippen LogP contribution in [0.1, 0.15) is 74.9 Å². The molecule has 1 aliphatic carbocycles. The SMILES string of the molecule is CCOc1cc2c(cc1OCC)Cc1cc(OCC)c(OCC)cc1Cc1cc(OCC)c(OCC)cc1C2. The Morgan fingerprint density at radius 2 is 0.487 bits per heavy atom. The first-order valence-corrected chi connectivity index (χ1v) is 14.3. The molecule has 0 heterocycles. The number of fused-ring (bicyclic) bond motifs is 3. The van der Waals surface area contributed by atoms with E-state index < -0.39 is 0 Å². The molecule has 210 valence electrons. The highest BCUT2D eigenvalue weighted by Crippen LogP contribution is 2.41. The Balaban J connectivity index is 1.97. The molecule has 0 radical (unpaired) electrons.